The van der Waals surface area contributed by atoms with E-state index in [1.807, 2.05) is 25.2 Å². The van der Waals surface area contributed by atoms with Crippen LogP contribution in [-0.2, 0) is 24.3 Å². The third-order valence-electron chi connectivity index (χ3n) is 5.46. The Bertz CT molecular complexity index is 965. The maximum Gasteiger partial charge on any atom is 0.424 e. The third kappa shape index (κ3) is 3.01. The van der Waals surface area contributed by atoms with Gasteiger partial charge in [-0.15, -0.1) is 0 Å². The highest BCUT2D eigenvalue weighted by atomic mass is 32.2. The molecule has 148 valence electrons. The minimum absolute atomic E-state index is 0.0487. The molecule has 3 aliphatic rings. The number of ether oxygens (including phenoxy) is 2. The lowest BCUT2D eigenvalue weighted by molar-refractivity contribution is -0.147. The van der Waals surface area contributed by atoms with Crippen molar-refractivity contribution in [2.24, 2.45) is 11.8 Å². The van der Waals surface area contributed by atoms with Gasteiger partial charge >= 0.3 is 12.1 Å². The highest BCUT2D eigenvalue weighted by Crippen LogP contribution is 2.43. The number of aryl methyl sites for hydroxylation is 1. The van der Waals surface area contributed by atoms with Crippen LogP contribution in [0.5, 0.6) is 0 Å². The first-order chi connectivity index (χ1) is 13.3. The Balaban J connectivity index is 1.67. The van der Waals surface area contributed by atoms with Gasteiger partial charge in [-0.2, -0.15) is 4.31 Å². The van der Waals surface area contributed by atoms with Crippen molar-refractivity contribution in [1.82, 2.24) is 4.31 Å². The first-order valence-electron chi connectivity index (χ1n) is 9.13. The summed E-state index contributed by atoms with van der Waals surface area (Å²) in [4.78, 5) is 24.0. The lowest BCUT2D eigenvalue weighted by Crippen LogP contribution is -2.48. The van der Waals surface area contributed by atoms with Crippen LogP contribution >= 0.6 is 0 Å². The largest absolute Gasteiger partial charge is 0.458 e. The van der Waals surface area contributed by atoms with E-state index >= 15 is 0 Å². The van der Waals surface area contributed by atoms with Gasteiger partial charge in [0.2, 0.25) is 0 Å². The van der Waals surface area contributed by atoms with Crippen LogP contribution in [-0.4, -0.2) is 43.0 Å². The first kappa shape index (κ1) is 18.7. The van der Waals surface area contributed by atoms with Gasteiger partial charge in [0.15, 0.2) is 0 Å². The molecule has 0 unspecified atom stereocenters. The number of benzene rings is 1. The maximum atomic E-state index is 13.1. The van der Waals surface area contributed by atoms with Gasteiger partial charge in [-0.05, 0) is 31.6 Å². The van der Waals surface area contributed by atoms with Crippen molar-refractivity contribution in [3.8, 4) is 0 Å². The second-order valence-electron chi connectivity index (χ2n) is 7.32. The predicted octanol–water partition coefficient (Wildman–Crippen LogP) is 2.57. The zero-order valence-electron chi connectivity index (χ0n) is 15.5. The summed E-state index contributed by atoms with van der Waals surface area (Å²) in [7, 11) is -4.04. The van der Waals surface area contributed by atoms with Crippen molar-refractivity contribution >= 4 is 22.1 Å². The fraction of sp³-hybridized carbons (Fsp3) is 0.400. The van der Waals surface area contributed by atoms with E-state index in [2.05, 4.69) is 0 Å². The molecule has 0 spiro atoms. The molecule has 1 saturated heterocycles. The molecule has 0 radical (unpaired) electrons. The number of hydrogen-bond donors (Lipinski definition) is 0. The minimum atomic E-state index is -4.04. The monoisotopic (exact) mass is 403 g/mol. The number of allylic oxidation sites excluding steroid dienone is 1. The van der Waals surface area contributed by atoms with Gasteiger partial charge in [-0.25, -0.2) is 13.2 Å². The Hall–Kier alpha value is -2.61. The van der Waals surface area contributed by atoms with Gasteiger partial charge in [-0.1, -0.05) is 35.9 Å². The number of carbonyl (C=O) groups is 2. The topological polar surface area (TPSA) is 90.0 Å². The van der Waals surface area contributed by atoms with Crippen LogP contribution in [0.3, 0.4) is 0 Å². The lowest BCUT2D eigenvalue weighted by atomic mass is 9.72. The molecule has 8 heteroatoms. The van der Waals surface area contributed by atoms with Crippen LogP contribution in [0.4, 0.5) is 4.79 Å². The van der Waals surface area contributed by atoms with Crippen LogP contribution in [0.1, 0.15) is 18.9 Å². The molecular formula is C20H21NO6S. The second-order valence-corrected chi connectivity index (χ2v) is 9.13. The summed E-state index contributed by atoms with van der Waals surface area (Å²) < 4.78 is 37.9. The molecule has 2 aliphatic carbocycles. The number of hydrogen-bond acceptors (Lipinski definition) is 6. The summed E-state index contributed by atoms with van der Waals surface area (Å²) >= 11 is 0. The summed E-state index contributed by atoms with van der Waals surface area (Å²) in [6, 6.07) is 5.63. The van der Waals surface area contributed by atoms with Gasteiger partial charge in [0, 0.05) is 18.8 Å². The molecule has 0 saturated carbocycles. The quantitative estimate of drug-likeness (QED) is 0.569. The third-order valence-corrected chi connectivity index (χ3v) is 7.24. The average molecular weight is 403 g/mol. The normalized spacial score (nSPS) is 31.1. The highest BCUT2D eigenvalue weighted by molar-refractivity contribution is 7.89. The van der Waals surface area contributed by atoms with Crippen LogP contribution in [0, 0.1) is 18.8 Å². The number of fused-ring (bicyclic) bond motifs is 3. The zero-order chi connectivity index (χ0) is 20.1. The molecule has 4 rings (SSSR count). The van der Waals surface area contributed by atoms with E-state index in [1.165, 1.54) is 19.1 Å². The number of amides is 1. The Morgan fingerprint density at radius 2 is 1.89 bits per heavy atom. The Morgan fingerprint density at radius 1 is 1.18 bits per heavy atom. The summed E-state index contributed by atoms with van der Waals surface area (Å²) in [6.07, 6.45) is 5.89. The van der Waals surface area contributed by atoms with E-state index in [-0.39, 0.29) is 16.7 Å². The summed E-state index contributed by atoms with van der Waals surface area (Å²) in [5.74, 6) is -0.714. The summed E-state index contributed by atoms with van der Waals surface area (Å²) in [5.41, 5.74) is 0.923. The molecule has 5 atom stereocenters. The van der Waals surface area contributed by atoms with E-state index in [0.29, 0.717) is 6.42 Å². The molecular weight excluding hydrogens is 382 g/mol. The molecule has 0 aromatic heterocycles. The molecule has 1 fully saturated rings. The van der Waals surface area contributed by atoms with Gasteiger partial charge < -0.3 is 9.47 Å². The standard InChI is InChI=1S/C20H21NO6S/c1-12-6-8-14(9-7-12)28(24,25)21-17-11-10-15-16(19(17)27-20(21)23)4-3-5-18(15)26-13(2)22/h3,5-11,15-19H,4H2,1-2H3/t15-,16-,17+,18+,19-/m0/s1. The molecule has 1 aromatic carbocycles. The van der Waals surface area contributed by atoms with Crippen molar-refractivity contribution in [2.45, 2.75) is 43.4 Å². The molecule has 0 N–H and O–H groups in total. The minimum Gasteiger partial charge on any atom is -0.458 e. The average Bonchev–Trinajstić information content (AvgIpc) is 2.99. The Labute approximate surface area is 163 Å². The number of rotatable bonds is 3. The van der Waals surface area contributed by atoms with E-state index < -0.39 is 40.3 Å². The SMILES string of the molecule is CC(=O)O[C@@H]1C=CC[C@H]2[C@@H]1C=C[C@@H]1[C@H]2OC(=O)N1S(=O)(=O)c1ccc(C)cc1. The molecule has 1 aliphatic heterocycles. The van der Waals surface area contributed by atoms with Crippen LogP contribution in [0.2, 0.25) is 0 Å². The van der Waals surface area contributed by atoms with Crippen LogP contribution < -0.4 is 0 Å². The smallest absolute Gasteiger partial charge is 0.424 e. The number of sulfonamides is 1. The molecule has 1 heterocycles. The van der Waals surface area contributed by atoms with E-state index in [1.54, 1.807) is 18.2 Å². The summed E-state index contributed by atoms with van der Waals surface area (Å²) in [5, 5.41) is 0. The second kappa shape index (κ2) is 6.77. The van der Waals surface area contributed by atoms with Crippen molar-refractivity contribution in [3.63, 3.8) is 0 Å². The van der Waals surface area contributed by atoms with Gasteiger partial charge in [0.1, 0.15) is 18.2 Å². The first-order valence-corrected chi connectivity index (χ1v) is 10.6. The molecule has 1 amide bonds. The van der Waals surface area contributed by atoms with E-state index in [0.717, 1.165) is 9.87 Å². The van der Waals surface area contributed by atoms with Crippen molar-refractivity contribution in [1.29, 1.82) is 0 Å². The van der Waals surface area contributed by atoms with Gasteiger partial charge in [-0.3, -0.25) is 4.79 Å². The van der Waals surface area contributed by atoms with Crippen LogP contribution in [0.15, 0.2) is 53.5 Å². The molecule has 0 bridgehead atoms. The molecule has 1 aromatic rings. The van der Waals surface area contributed by atoms with E-state index in [9.17, 15) is 18.0 Å². The van der Waals surface area contributed by atoms with Crippen molar-refractivity contribution in [3.05, 3.63) is 54.1 Å². The Kier molecular flexibility index (Phi) is 4.53. The highest BCUT2D eigenvalue weighted by Gasteiger charge is 2.54. The fourth-order valence-electron chi connectivity index (χ4n) is 4.16. The van der Waals surface area contributed by atoms with E-state index in [4.69, 9.17) is 9.47 Å². The van der Waals surface area contributed by atoms with Crippen molar-refractivity contribution < 1.29 is 27.5 Å². The zero-order valence-corrected chi connectivity index (χ0v) is 16.3. The number of carbonyl (C=O) groups excluding carboxylic acids is 2. The Morgan fingerprint density at radius 3 is 2.57 bits per heavy atom. The maximum absolute atomic E-state index is 13.1. The van der Waals surface area contributed by atoms with Crippen LogP contribution in [0.25, 0.3) is 0 Å². The number of esters is 1. The van der Waals surface area contributed by atoms with Gasteiger partial charge in [0.25, 0.3) is 10.0 Å². The molecule has 7 nitrogen and oxygen atoms in total. The van der Waals surface area contributed by atoms with Crippen molar-refractivity contribution in [2.75, 3.05) is 0 Å². The summed E-state index contributed by atoms with van der Waals surface area (Å²) in [6.45, 7) is 3.20. The number of nitrogens with zero attached hydrogens (tertiary/aromatic N) is 1. The predicted molar refractivity (Wildman–Crippen MR) is 99.7 cm³/mol. The fourth-order valence-corrected chi connectivity index (χ4v) is 5.62. The van der Waals surface area contributed by atoms with Gasteiger partial charge in [0.05, 0.1) is 4.90 Å². The lowest BCUT2D eigenvalue weighted by Gasteiger charge is -2.39. The molecule has 28 heavy (non-hydrogen) atoms.